The van der Waals surface area contributed by atoms with E-state index in [1.54, 1.807) is 0 Å². The second-order valence-electron chi connectivity index (χ2n) is 5.17. The van der Waals surface area contributed by atoms with Gasteiger partial charge < -0.3 is 11.1 Å². The van der Waals surface area contributed by atoms with Gasteiger partial charge >= 0.3 is 0 Å². The summed E-state index contributed by atoms with van der Waals surface area (Å²) in [5.41, 5.74) is 7.15. The van der Waals surface area contributed by atoms with Crippen LogP contribution in [-0.4, -0.2) is 12.6 Å². The maximum absolute atomic E-state index is 5.75. The molecule has 1 aromatic heterocycles. The summed E-state index contributed by atoms with van der Waals surface area (Å²) >= 11 is 1.84. The van der Waals surface area contributed by atoms with Crippen LogP contribution < -0.4 is 11.1 Å². The Labute approximate surface area is 110 Å². The molecule has 1 aromatic rings. The molecular weight excluding hydrogens is 228 g/mol. The molecule has 0 aliphatic carbocycles. The number of nitrogens with one attached hydrogen (secondary N) is 1. The minimum absolute atomic E-state index is 0.351. The second kappa shape index (κ2) is 7.85. The molecule has 0 aliphatic rings. The topological polar surface area (TPSA) is 38.0 Å². The van der Waals surface area contributed by atoms with Gasteiger partial charge in [0, 0.05) is 17.5 Å². The highest BCUT2D eigenvalue weighted by molar-refractivity contribution is 7.10. The first-order valence-electron chi connectivity index (χ1n) is 6.59. The molecule has 0 fully saturated rings. The lowest BCUT2D eigenvalue weighted by atomic mass is 10.0. The molecule has 98 valence electrons. The van der Waals surface area contributed by atoms with E-state index in [4.69, 9.17) is 5.73 Å². The van der Waals surface area contributed by atoms with Crippen molar-refractivity contribution in [3.63, 3.8) is 0 Å². The Morgan fingerprint density at radius 3 is 2.71 bits per heavy atom. The standard InChI is InChI=1S/C14H26N2S/c1-11(5-4-6-13(3)15)9-16-10-14-12(2)7-8-17-14/h7-8,11,13,16H,4-6,9-10,15H2,1-3H3. The lowest BCUT2D eigenvalue weighted by molar-refractivity contribution is 0.449. The van der Waals surface area contributed by atoms with E-state index in [0.717, 1.165) is 25.4 Å². The maximum atomic E-state index is 5.75. The molecule has 0 aliphatic heterocycles. The summed E-state index contributed by atoms with van der Waals surface area (Å²) in [6, 6.07) is 2.54. The van der Waals surface area contributed by atoms with Gasteiger partial charge in [-0.05, 0) is 56.2 Å². The van der Waals surface area contributed by atoms with E-state index in [2.05, 4.69) is 37.5 Å². The van der Waals surface area contributed by atoms with Crippen LogP contribution in [0, 0.1) is 12.8 Å². The van der Waals surface area contributed by atoms with Crippen LogP contribution in [0.3, 0.4) is 0 Å². The first-order chi connectivity index (χ1) is 8.09. The van der Waals surface area contributed by atoms with Crippen molar-refractivity contribution < 1.29 is 0 Å². The fraction of sp³-hybridized carbons (Fsp3) is 0.714. The third-order valence-electron chi connectivity index (χ3n) is 3.10. The van der Waals surface area contributed by atoms with Crippen LogP contribution in [0.15, 0.2) is 11.4 Å². The van der Waals surface area contributed by atoms with Crippen molar-refractivity contribution in [3.8, 4) is 0 Å². The molecule has 0 aromatic carbocycles. The van der Waals surface area contributed by atoms with Crippen LogP contribution in [0.2, 0.25) is 0 Å². The molecule has 2 nitrogen and oxygen atoms in total. The van der Waals surface area contributed by atoms with Crippen LogP contribution in [0.4, 0.5) is 0 Å². The average Bonchev–Trinajstić information content (AvgIpc) is 2.64. The fourth-order valence-corrected chi connectivity index (χ4v) is 2.78. The number of rotatable bonds is 8. The van der Waals surface area contributed by atoms with Crippen LogP contribution in [0.1, 0.15) is 43.6 Å². The van der Waals surface area contributed by atoms with E-state index in [1.165, 1.54) is 23.3 Å². The highest BCUT2D eigenvalue weighted by atomic mass is 32.1. The van der Waals surface area contributed by atoms with Crippen LogP contribution >= 0.6 is 11.3 Å². The third-order valence-corrected chi connectivity index (χ3v) is 4.13. The first-order valence-corrected chi connectivity index (χ1v) is 7.46. The third kappa shape index (κ3) is 6.20. The molecule has 0 bridgehead atoms. The Balaban J connectivity index is 2.08. The van der Waals surface area contributed by atoms with Gasteiger partial charge in [-0.1, -0.05) is 13.3 Å². The SMILES string of the molecule is Cc1ccsc1CNCC(C)CCCC(C)N. The molecule has 0 radical (unpaired) electrons. The zero-order valence-corrected chi connectivity index (χ0v) is 12.1. The Bertz CT molecular complexity index is 307. The molecule has 17 heavy (non-hydrogen) atoms. The Morgan fingerprint density at radius 1 is 1.35 bits per heavy atom. The molecule has 1 rings (SSSR count). The predicted octanol–water partition coefficient (Wildman–Crippen LogP) is 3.30. The number of nitrogens with two attached hydrogens (primary N) is 1. The van der Waals surface area contributed by atoms with Crippen molar-refractivity contribution >= 4 is 11.3 Å². The van der Waals surface area contributed by atoms with Crippen molar-refractivity contribution in [1.82, 2.24) is 5.32 Å². The summed E-state index contributed by atoms with van der Waals surface area (Å²) < 4.78 is 0. The minimum atomic E-state index is 0.351. The number of hydrogen-bond acceptors (Lipinski definition) is 3. The maximum Gasteiger partial charge on any atom is 0.0302 e. The number of aryl methyl sites for hydroxylation is 1. The molecule has 0 amide bonds. The van der Waals surface area contributed by atoms with Crippen molar-refractivity contribution in [2.75, 3.05) is 6.54 Å². The van der Waals surface area contributed by atoms with Crippen molar-refractivity contribution in [2.45, 2.75) is 52.6 Å². The average molecular weight is 254 g/mol. The van der Waals surface area contributed by atoms with Crippen molar-refractivity contribution in [2.24, 2.45) is 11.7 Å². The molecule has 0 saturated heterocycles. The summed E-state index contributed by atoms with van der Waals surface area (Å²) in [7, 11) is 0. The van der Waals surface area contributed by atoms with Gasteiger partial charge in [-0.3, -0.25) is 0 Å². The molecule has 0 saturated carbocycles. The summed E-state index contributed by atoms with van der Waals surface area (Å²) in [5, 5.41) is 5.71. The molecule has 0 spiro atoms. The van der Waals surface area contributed by atoms with Crippen LogP contribution in [0.25, 0.3) is 0 Å². The molecule has 2 atom stereocenters. The second-order valence-corrected chi connectivity index (χ2v) is 6.17. The molecule has 3 N–H and O–H groups in total. The van der Waals surface area contributed by atoms with Gasteiger partial charge in [0.1, 0.15) is 0 Å². The lowest BCUT2D eigenvalue weighted by Gasteiger charge is -2.13. The number of hydrogen-bond donors (Lipinski definition) is 2. The quantitative estimate of drug-likeness (QED) is 0.747. The Hall–Kier alpha value is -0.380. The molecule has 3 heteroatoms. The van der Waals surface area contributed by atoms with Gasteiger partial charge in [-0.25, -0.2) is 0 Å². The fourth-order valence-electron chi connectivity index (χ4n) is 1.91. The minimum Gasteiger partial charge on any atom is -0.328 e. The van der Waals surface area contributed by atoms with Gasteiger partial charge in [-0.2, -0.15) is 0 Å². The van der Waals surface area contributed by atoms with E-state index in [0.29, 0.717) is 6.04 Å². The zero-order valence-electron chi connectivity index (χ0n) is 11.3. The molecular formula is C14H26N2S. The monoisotopic (exact) mass is 254 g/mol. The predicted molar refractivity (Wildman–Crippen MR) is 77.4 cm³/mol. The normalized spacial score (nSPS) is 14.8. The van der Waals surface area contributed by atoms with Gasteiger partial charge in [0.05, 0.1) is 0 Å². The Kier molecular flexibility index (Phi) is 6.78. The van der Waals surface area contributed by atoms with E-state index in [1.807, 2.05) is 11.3 Å². The van der Waals surface area contributed by atoms with Gasteiger partial charge in [0.25, 0.3) is 0 Å². The zero-order chi connectivity index (χ0) is 12.7. The smallest absolute Gasteiger partial charge is 0.0302 e. The highest BCUT2D eigenvalue weighted by Crippen LogP contribution is 2.15. The lowest BCUT2D eigenvalue weighted by Crippen LogP contribution is -2.21. The Morgan fingerprint density at radius 2 is 2.12 bits per heavy atom. The first kappa shape index (κ1) is 14.7. The van der Waals surface area contributed by atoms with Gasteiger partial charge in [0.2, 0.25) is 0 Å². The van der Waals surface area contributed by atoms with Gasteiger partial charge in [-0.15, -0.1) is 11.3 Å². The van der Waals surface area contributed by atoms with E-state index in [-0.39, 0.29) is 0 Å². The molecule has 2 unspecified atom stereocenters. The molecule has 1 heterocycles. The van der Waals surface area contributed by atoms with Crippen LogP contribution in [0.5, 0.6) is 0 Å². The van der Waals surface area contributed by atoms with Crippen molar-refractivity contribution in [3.05, 3.63) is 21.9 Å². The van der Waals surface area contributed by atoms with E-state index in [9.17, 15) is 0 Å². The summed E-state index contributed by atoms with van der Waals surface area (Å²) in [6.45, 7) is 8.70. The largest absolute Gasteiger partial charge is 0.328 e. The van der Waals surface area contributed by atoms with E-state index >= 15 is 0 Å². The van der Waals surface area contributed by atoms with E-state index < -0.39 is 0 Å². The summed E-state index contributed by atoms with van der Waals surface area (Å²) in [6.07, 6.45) is 3.67. The number of thiophene rings is 1. The summed E-state index contributed by atoms with van der Waals surface area (Å²) in [5.74, 6) is 0.744. The highest BCUT2D eigenvalue weighted by Gasteiger charge is 2.04. The van der Waals surface area contributed by atoms with Crippen LogP contribution in [-0.2, 0) is 6.54 Å². The van der Waals surface area contributed by atoms with Gasteiger partial charge in [0.15, 0.2) is 0 Å². The van der Waals surface area contributed by atoms with Crippen molar-refractivity contribution in [1.29, 1.82) is 0 Å². The summed E-state index contributed by atoms with van der Waals surface area (Å²) in [4.78, 5) is 1.47.